The maximum atomic E-state index is 12.5. The van der Waals surface area contributed by atoms with Crippen LogP contribution in [0.25, 0.3) is 10.4 Å². The molecule has 2 aromatic rings. The molecule has 1 N–H and O–H groups in total. The van der Waals surface area contributed by atoms with Crippen LogP contribution in [-0.2, 0) is 0 Å². The van der Waals surface area contributed by atoms with Gasteiger partial charge in [0.25, 0.3) is 5.91 Å². The van der Waals surface area contributed by atoms with Gasteiger partial charge in [0.05, 0.1) is 13.7 Å². The average molecular weight is 305 g/mol. The number of likely N-dealkylation sites (N-methyl/N-ethyl adjacent to an activating group) is 1. The number of hydrogen-bond acceptors (Lipinski definition) is 4. The number of hydrogen-bond donors (Lipinski definition) is 1. The fraction of sp³-hybridized carbons (Fsp3) is 0.312. The molecule has 0 saturated carbocycles. The number of nitrogens with zero attached hydrogens (tertiary/aromatic N) is 1. The van der Waals surface area contributed by atoms with Crippen molar-refractivity contribution in [3.8, 4) is 16.2 Å². The Balaban J connectivity index is 2.35. The van der Waals surface area contributed by atoms with Crippen LogP contribution in [0.1, 0.15) is 16.6 Å². The second-order valence-electron chi connectivity index (χ2n) is 4.48. The second-order valence-corrected chi connectivity index (χ2v) is 5.53. The third-order valence-corrected chi connectivity index (χ3v) is 4.36. The topological polar surface area (TPSA) is 49.8 Å². The molecule has 0 aliphatic heterocycles. The summed E-state index contributed by atoms with van der Waals surface area (Å²) < 4.78 is 5.34. The van der Waals surface area contributed by atoms with Gasteiger partial charge in [0.1, 0.15) is 10.6 Å². The molecule has 1 amide bonds. The van der Waals surface area contributed by atoms with Crippen LogP contribution in [-0.4, -0.2) is 42.7 Å². The van der Waals surface area contributed by atoms with Gasteiger partial charge >= 0.3 is 0 Å². The van der Waals surface area contributed by atoms with Gasteiger partial charge in [0, 0.05) is 18.0 Å². The maximum Gasteiger partial charge on any atom is 0.267 e. The summed E-state index contributed by atoms with van der Waals surface area (Å²) in [6.07, 6.45) is 0. The molecule has 0 bridgehead atoms. The summed E-state index contributed by atoms with van der Waals surface area (Å²) in [7, 11) is 1.57. The monoisotopic (exact) mass is 305 g/mol. The molecule has 112 valence electrons. The molecule has 0 saturated heterocycles. The van der Waals surface area contributed by atoms with Crippen molar-refractivity contribution in [2.24, 2.45) is 0 Å². The number of ether oxygens (including phenoxy) is 1. The third kappa shape index (κ3) is 3.43. The zero-order valence-corrected chi connectivity index (χ0v) is 13.0. The van der Waals surface area contributed by atoms with E-state index >= 15 is 0 Å². The SMILES string of the molecule is CCN(CCO)C(=O)c1sc(-c2ccccc2)cc1OC. The molecule has 0 unspecified atom stereocenters. The lowest BCUT2D eigenvalue weighted by Crippen LogP contribution is -2.33. The van der Waals surface area contributed by atoms with E-state index in [1.807, 2.05) is 43.3 Å². The number of benzene rings is 1. The van der Waals surface area contributed by atoms with Crippen LogP contribution in [0, 0.1) is 0 Å². The number of methoxy groups -OCH3 is 1. The van der Waals surface area contributed by atoms with Gasteiger partial charge in [-0.3, -0.25) is 4.79 Å². The van der Waals surface area contributed by atoms with E-state index in [1.54, 1.807) is 12.0 Å². The van der Waals surface area contributed by atoms with E-state index in [-0.39, 0.29) is 12.5 Å². The summed E-state index contributed by atoms with van der Waals surface area (Å²) >= 11 is 1.42. The van der Waals surface area contributed by atoms with Crippen LogP contribution < -0.4 is 4.74 Å². The highest BCUT2D eigenvalue weighted by Crippen LogP contribution is 2.36. The van der Waals surface area contributed by atoms with E-state index in [2.05, 4.69) is 0 Å². The lowest BCUT2D eigenvalue weighted by molar-refractivity contribution is 0.0734. The van der Waals surface area contributed by atoms with Crippen LogP contribution in [0.4, 0.5) is 0 Å². The van der Waals surface area contributed by atoms with Crippen molar-refractivity contribution in [3.63, 3.8) is 0 Å². The summed E-state index contributed by atoms with van der Waals surface area (Å²) in [5.41, 5.74) is 1.06. The number of thiophene rings is 1. The van der Waals surface area contributed by atoms with E-state index < -0.39 is 0 Å². The first kappa shape index (κ1) is 15.5. The number of carbonyl (C=O) groups excluding carboxylic acids is 1. The molecule has 0 atom stereocenters. The lowest BCUT2D eigenvalue weighted by Gasteiger charge is -2.19. The van der Waals surface area contributed by atoms with E-state index in [1.165, 1.54) is 11.3 Å². The Kier molecular flexibility index (Phi) is 5.36. The summed E-state index contributed by atoms with van der Waals surface area (Å²) in [6, 6.07) is 11.8. The minimum Gasteiger partial charge on any atom is -0.495 e. The average Bonchev–Trinajstić information content (AvgIpc) is 2.97. The minimum absolute atomic E-state index is 0.0428. The Morgan fingerprint density at radius 1 is 1.33 bits per heavy atom. The van der Waals surface area contributed by atoms with Crippen LogP contribution >= 0.6 is 11.3 Å². The molecule has 0 aliphatic rings. The Hall–Kier alpha value is -1.85. The predicted molar refractivity (Wildman–Crippen MR) is 85.0 cm³/mol. The molecular weight excluding hydrogens is 286 g/mol. The molecular formula is C16H19NO3S. The van der Waals surface area contributed by atoms with Crippen molar-refractivity contribution >= 4 is 17.2 Å². The van der Waals surface area contributed by atoms with Crippen LogP contribution in [0.15, 0.2) is 36.4 Å². The summed E-state index contributed by atoms with van der Waals surface area (Å²) in [4.78, 5) is 15.7. The number of rotatable bonds is 6. The van der Waals surface area contributed by atoms with Crippen LogP contribution in [0.2, 0.25) is 0 Å². The predicted octanol–water partition coefficient (Wildman–Crippen LogP) is 2.88. The molecule has 2 rings (SSSR count). The van der Waals surface area contributed by atoms with Gasteiger partial charge in [-0.05, 0) is 18.6 Å². The molecule has 0 spiro atoms. The van der Waals surface area contributed by atoms with Crippen LogP contribution in [0.5, 0.6) is 5.75 Å². The van der Waals surface area contributed by atoms with Crippen molar-refractivity contribution in [3.05, 3.63) is 41.3 Å². The Morgan fingerprint density at radius 3 is 2.62 bits per heavy atom. The first-order valence-electron chi connectivity index (χ1n) is 6.84. The molecule has 4 nitrogen and oxygen atoms in total. The van der Waals surface area contributed by atoms with E-state index in [0.717, 1.165) is 10.4 Å². The van der Waals surface area contributed by atoms with Gasteiger partial charge in [-0.15, -0.1) is 11.3 Å². The summed E-state index contributed by atoms with van der Waals surface area (Å²) in [5.74, 6) is 0.482. The molecule has 1 aromatic heterocycles. The zero-order chi connectivity index (χ0) is 15.2. The van der Waals surface area contributed by atoms with E-state index in [9.17, 15) is 4.79 Å². The Labute approximate surface area is 128 Å². The van der Waals surface area contributed by atoms with Crippen molar-refractivity contribution < 1.29 is 14.6 Å². The van der Waals surface area contributed by atoms with Crippen molar-refractivity contribution in [1.82, 2.24) is 4.90 Å². The smallest absolute Gasteiger partial charge is 0.267 e. The van der Waals surface area contributed by atoms with E-state index in [4.69, 9.17) is 9.84 Å². The summed E-state index contributed by atoms with van der Waals surface area (Å²) in [6.45, 7) is 2.74. The maximum absolute atomic E-state index is 12.5. The fourth-order valence-electron chi connectivity index (χ4n) is 2.09. The van der Waals surface area contributed by atoms with Gasteiger partial charge in [-0.1, -0.05) is 30.3 Å². The molecule has 0 aliphatic carbocycles. The van der Waals surface area contributed by atoms with Gasteiger partial charge in [0.2, 0.25) is 0 Å². The largest absolute Gasteiger partial charge is 0.495 e. The zero-order valence-electron chi connectivity index (χ0n) is 12.2. The first-order valence-corrected chi connectivity index (χ1v) is 7.66. The van der Waals surface area contributed by atoms with Gasteiger partial charge in [-0.25, -0.2) is 0 Å². The first-order chi connectivity index (χ1) is 10.2. The quantitative estimate of drug-likeness (QED) is 0.893. The highest BCUT2D eigenvalue weighted by molar-refractivity contribution is 7.17. The number of aliphatic hydroxyl groups excluding tert-OH is 1. The van der Waals surface area contributed by atoms with Gasteiger partial charge in [-0.2, -0.15) is 0 Å². The molecule has 1 heterocycles. The third-order valence-electron chi connectivity index (χ3n) is 3.21. The standard InChI is InChI=1S/C16H19NO3S/c1-3-17(9-10-18)16(19)15-13(20-2)11-14(21-15)12-7-5-4-6-8-12/h4-8,11,18H,3,9-10H2,1-2H3. The normalized spacial score (nSPS) is 10.4. The van der Waals surface area contributed by atoms with Crippen LogP contribution in [0.3, 0.4) is 0 Å². The second kappa shape index (κ2) is 7.24. The lowest BCUT2D eigenvalue weighted by atomic mass is 10.2. The van der Waals surface area contributed by atoms with Crippen molar-refractivity contribution in [2.75, 3.05) is 26.8 Å². The van der Waals surface area contributed by atoms with Gasteiger partial charge < -0.3 is 14.7 Å². The fourth-order valence-corrected chi connectivity index (χ4v) is 3.19. The number of aliphatic hydroxyl groups is 1. The Morgan fingerprint density at radius 2 is 2.05 bits per heavy atom. The number of amides is 1. The molecule has 5 heteroatoms. The Bertz CT molecular complexity index is 595. The molecule has 0 fully saturated rings. The highest BCUT2D eigenvalue weighted by Gasteiger charge is 2.22. The van der Waals surface area contributed by atoms with Crippen molar-refractivity contribution in [2.45, 2.75) is 6.92 Å². The number of carbonyl (C=O) groups is 1. The molecule has 1 aromatic carbocycles. The minimum atomic E-state index is -0.101. The molecule has 0 radical (unpaired) electrons. The molecule has 21 heavy (non-hydrogen) atoms. The van der Waals surface area contributed by atoms with Gasteiger partial charge in [0.15, 0.2) is 0 Å². The van der Waals surface area contributed by atoms with Crippen molar-refractivity contribution in [1.29, 1.82) is 0 Å². The van der Waals surface area contributed by atoms with E-state index in [0.29, 0.717) is 23.7 Å². The highest BCUT2D eigenvalue weighted by atomic mass is 32.1. The summed E-state index contributed by atoms with van der Waals surface area (Å²) in [5, 5.41) is 9.05.